The summed E-state index contributed by atoms with van der Waals surface area (Å²) in [5.41, 5.74) is 10.4. The van der Waals surface area contributed by atoms with E-state index in [0.29, 0.717) is 12.4 Å². The Labute approximate surface area is 302 Å². The van der Waals surface area contributed by atoms with Gasteiger partial charge >= 0.3 is 0 Å². The summed E-state index contributed by atoms with van der Waals surface area (Å²) in [4.78, 5) is 10.6. The van der Waals surface area contributed by atoms with Gasteiger partial charge in [0.25, 0.3) is 0 Å². The topological polar surface area (TPSA) is 50.9 Å². The Hall–Kier alpha value is -6.96. The van der Waals surface area contributed by atoms with Gasteiger partial charge in [0.15, 0.2) is 0 Å². The number of fused-ring (bicyclic) bond motifs is 7. The maximum atomic E-state index is 11.6. The van der Waals surface area contributed by atoms with Crippen LogP contribution in [0.25, 0.3) is 61.4 Å². The molecule has 2 aromatic heterocycles. The molecule has 2 heterocycles. The summed E-state index contributed by atoms with van der Waals surface area (Å²) in [6.45, 7) is 0. The number of para-hydroxylation sites is 2. The molecule has 4 heteroatoms. The Kier molecular flexibility index (Phi) is 7.60. The van der Waals surface area contributed by atoms with Crippen LogP contribution in [0.2, 0.25) is 0 Å². The Morgan fingerprint density at radius 3 is 1.98 bits per heavy atom. The number of phenols is 1. The molecule has 52 heavy (non-hydrogen) atoms. The highest BCUT2D eigenvalue weighted by atomic mass is 16.3. The maximum absolute atomic E-state index is 11.6. The fourth-order valence-corrected chi connectivity index (χ4v) is 8.05. The van der Waals surface area contributed by atoms with E-state index in [1.807, 2.05) is 66.7 Å². The summed E-state index contributed by atoms with van der Waals surface area (Å²) < 4.78 is 2.24. The molecule has 4 nitrogen and oxygen atoms in total. The van der Waals surface area contributed by atoms with Crippen LogP contribution in [0.4, 0.5) is 0 Å². The van der Waals surface area contributed by atoms with Crippen molar-refractivity contribution in [2.45, 2.75) is 11.8 Å². The Bertz CT molecular complexity index is 2680. The lowest BCUT2D eigenvalue weighted by molar-refractivity contribution is 0.454. The lowest BCUT2D eigenvalue weighted by Gasteiger charge is -2.32. The van der Waals surface area contributed by atoms with Crippen molar-refractivity contribution < 1.29 is 5.11 Å². The second-order valence-corrected chi connectivity index (χ2v) is 13.0. The molecular weight excluding hydrogens is 635 g/mol. The maximum Gasteiger partial charge on any atom is 0.235 e. The Balaban J connectivity index is 1.41. The van der Waals surface area contributed by atoms with Crippen LogP contribution in [0.3, 0.4) is 0 Å². The van der Waals surface area contributed by atoms with Crippen molar-refractivity contribution in [3.63, 3.8) is 0 Å². The van der Waals surface area contributed by atoms with Crippen LogP contribution < -0.4 is 0 Å². The number of aromatic nitrogens is 3. The number of hydrogen-bond donors (Lipinski definition) is 1. The zero-order chi connectivity index (χ0) is 35.1. The fourth-order valence-electron chi connectivity index (χ4n) is 8.05. The van der Waals surface area contributed by atoms with Crippen LogP contribution in [0.15, 0.2) is 176 Å². The normalized spacial score (nSPS) is 15.0. The number of benzene rings is 6. The molecule has 246 valence electrons. The number of aromatic hydroxyl groups is 1. The standard InChI is InChI=1S/C48H33N3O/c1-2-3-4-5-18-31-48(39-26-15-17-28-44(39)52)38-25-14-12-24-37(38)45-40(48)30-29-36-35-23-13-16-27-43(35)51(46(36)45)47-49-41(33-19-8-6-9-20-33)32-42(50-47)34-21-10-7-11-22-34/h1,3-30,32,52H,31H2/b4-3-,18-5-. The quantitative estimate of drug-likeness (QED) is 0.136. The molecule has 0 saturated carbocycles. The molecule has 0 fully saturated rings. The highest BCUT2D eigenvalue weighted by Crippen LogP contribution is 2.58. The van der Waals surface area contributed by atoms with Crippen molar-refractivity contribution in [2.24, 2.45) is 0 Å². The summed E-state index contributed by atoms with van der Waals surface area (Å²) in [5.74, 6) is 3.42. The van der Waals surface area contributed by atoms with Crippen LogP contribution in [0.1, 0.15) is 23.1 Å². The van der Waals surface area contributed by atoms with Crippen LogP contribution in [-0.2, 0) is 5.41 Å². The van der Waals surface area contributed by atoms with E-state index in [2.05, 4.69) is 108 Å². The van der Waals surface area contributed by atoms with Crippen molar-refractivity contribution in [3.8, 4) is 57.7 Å². The first kappa shape index (κ1) is 31.1. The second kappa shape index (κ2) is 12.7. The molecule has 1 N–H and O–H groups in total. The third-order valence-corrected chi connectivity index (χ3v) is 10.2. The first-order chi connectivity index (χ1) is 25.7. The van der Waals surface area contributed by atoms with E-state index in [-0.39, 0.29) is 5.75 Å². The molecule has 0 saturated heterocycles. The lowest BCUT2D eigenvalue weighted by atomic mass is 9.69. The smallest absolute Gasteiger partial charge is 0.235 e. The molecular formula is C48H33N3O. The molecule has 1 atom stereocenters. The van der Waals surface area contributed by atoms with E-state index >= 15 is 0 Å². The van der Waals surface area contributed by atoms with Gasteiger partial charge in [-0.1, -0.05) is 158 Å². The number of nitrogens with zero attached hydrogens (tertiary/aromatic N) is 3. The molecule has 0 spiro atoms. The molecule has 0 amide bonds. The number of allylic oxidation sites excluding steroid dienone is 4. The average molecular weight is 668 g/mol. The molecule has 1 aliphatic rings. The molecule has 1 unspecified atom stereocenters. The molecule has 0 aliphatic heterocycles. The third-order valence-electron chi connectivity index (χ3n) is 10.2. The highest BCUT2D eigenvalue weighted by Gasteiger charge is 2.46. The molecule has 9 rings (SSSR count). The van der Waals surface area contributed by atoms with Gasteiger partial charge in [-0.3, -0.25) is 4.57 Å². The lowest BCUT2D eigenvalue weighted by Crippen LogP contribution is -2.26. The highest BCUT2D eigenvalue weighted by molar-refractivity contribution is 6.15. The number of rotatable bonds is 7. The molecule has 0 radical (unpaired) electrons. The summed E-state index contributed by atoms with van der Waals surface area (Å²) in [5, 5.41) is 13.8. The van der Waals surface area contributed by atoms with Gasteiger partial charge in [-0.25, -0.2) is 9.97 Å². The monoisotopic (exact) mass is 667 g/mol. The van der Waals surface area contributed by atoms with Crippen molar-refractivity contribution >= 4 is 21.8 Å². The van der Waals surface area contributed by atoms with E-state index < -0.39 is 5.41 Å². The van der Waals surface area contributed by atoms with Gasteiger partial charge in [-0.15, -0.1) is 6.42 Å². The van der Waals surface area contributed by atoms with Gasteiger partial charge in [0, 0.05) is 33.0 Å². The van der Waals surface area contributed by atoms with E-state index in [1.165, 1.54) is 0 Å². The molecule has 8 aromatic rings. The minimum Gasteiger partial charge on any atom is -0.508 e. The number of terminal acetylenes is 1. The van der Waals surface area contributed by atoms with E-state index in [4.69, 9.17) is 16.4 Å². The molecule has 0 bridgehead atoms. The van der Waals surface area contributed by atoms with Crippen molar-refractivity contribution in [2.75, 3.05) is 0 Å². The van der Waals surface area contributed by atoms with Gasteiger partial charge in [-0.05, 0) is 47.4 Å². The Morgan fingerprint density at radius 2 is 1.27 bits per heavy atom. The summed E-state index contributed by atoms with van der Waals surface area (Å²) in [6.07, 6.45) is 13.8. The van der Waals surface area contributed by atoms with E-state index in [0.717, 1.165) is 72.1 Å². The average Bonchev–Trinajstić information content (AvgIpc) is 3.69. The van der Waals surface area contributed by atoms with Crippen molar-refractivity contribution in [3.05, 3.63) is 193 Å². The van der Waals surface area contributed by atoms with Crippen LogP contribution in [0, 0.1) is 12.3 Å². The minimum atomic E-state index is -0.685. The first-order valence-corrected chi connectivity index (χ1v) is 17.4. The van der Waals surface area contributed by atoms with Gasteiger partial charge < -0.3 is 5.11 Å². The predicted molar refractivity (Wildman–Crippen MR) is 212 cm³/mol. The van der Waals surface area contributed by atoms with Crippen LogP contribution in [0.5, 0.6) is 5.75 Å². The SMILES string of the molecule is C#C/C=C\C=C/CC1(c2ccccc2O)c2ccccc2-c2c1ccc1c3ccccc3n(-c3nc(-c4ccccc4)cc(-c4ccccc4)n3)c21. The van der Waals surface area contributed by atoms with Crippen LogP contribution in [-0.4, -0.2) is 19.6 Å². The minimum absolute atomic E-state index is 0.254. The summed E-state index contributed by atoms with van der Waals surface area (Å²) in [6, 6.07) is 51.9. The van der Waals surface area contributed by atoms with E-state index in [9.17, 15) is 5.11 Å². The second-order valence-electron chi connectivity index (χ2n) is 13.0. The number of phenolic OH excluding ortho intramolecular Hbond substituents is 1. The third kappa shape index (κ3) is 4.87. The fraction of sp³-hybridized carbons (Fsp3) is 0.0417. The van der Waals surface area contributed by atoms with E-state index in [1.54, 1.807) is 12.1 Å². The van der Waals surface area contributed by atoms with Crippen LogP contribution >= 0.6 is 0 Å². The zero-order valence-electron chi connectivity index (χ0n) is 28.3. The Morgan fingerprint density at radius 1 is 0.635 bits per heavy atom. The first-order valence-electron chi connectivity index (χ1n) is 17.4. The van der Waals surface area contributed by atoms with Gasteiger partial charge in [0.2, 0.25) is 5.95 Å². The largest absolute Gasteiger partial charge is 0.508 e. The summed E-state index contributed by atoms with van der Waals surface area (Å²) >= 11 is 0. The predicted octanol–water partition coefficient (Wildman–Crippen LogP) is 11.1. The molecule has 6 aromatic carbocycles. The summed E-state index contributed by atoms with van der Waals surface area (Å²) in [7, 11) is 0. The zero-order valence-corrected chi connectivity index (χ0v) is 28.3. The van der Waals surface area contributed by atoms with Crippen molar-refractivity contribution in [1.82, 2.24) is 14.5 Å². The van der Waals surface area contributed by atoms with Crippen molar-refractivity contribution in [1.29, 1.82) is 0 Å². The van der Waals surface area contributed by atoms with Gasteiger partial charge in [0.1, 0.15) is 5.75 Å². The number of hydrogen-bond acceptors (Lipinski definition) is 3. The van der Waals surface area contributed by atoms with Gasteiger partial charge in [0.05, 0.1) is 27.8 Å². The molecule has 1 aliphatic carbocycles. The van der Waals surface area contributed by atoms with Gasteiger partial charge in [-0.2, -0.15) is 0 Å².